The van der Waals surface area contributed by atoms with Crippen LogP contribution in [0.25, 0.3) is 21.5 Å². The van der Waals surface area contributed by atoms with E-state index in [1.165, 1.54) is 56.2 Å². The van der Waals surface area contributed by atoms with Crippen molar-refractivity contribution in [2.45, 2.75) is 77.0 Å². The van der Waals surface area contributed by atoms with Crippen molar-refractivity contribution in [1.29, 1.82) is 0 Å². The first-order chi connectivity index (χ1) is 29.7. The quantitative estimate of drug-likeness (QED) is 0.0337. The molecule has 0 fully saturated rings. The highest BCUT2D eigenvalue weighted by atomic mass is 32.2. The topological polar surface area (TPSA) is 127 Å². The number of rotatable bonds is 18. The zero-order chi connectivity index (χ0) is 44.1. The molecule has 7 rings (SSSR count). The highest BCUT2D eigenvalue weighted by Gasteiger charge is 2.45. The van der Waals surface area contributed by atoms with E-state index in [4.69, 9.17) is 0 Å². The van der Waals surface area contributed by atoms with Gasteiger partial charge in [-0.2, -0.15) is 13.0 Å². The van der Waals surface area contributed by atoms with Gasteiger partial charge >= 0.3 is 0 Å². The standard InChI is InChI=1S/C51H56N4O6S/c1-50(2)43(53(41-28-26-37-19-12-14-21-39(37)48(41)50)33-16-8-11-25-45(56)52-32-35-55-46(57)30-31-47(55)58)23-9-6-5-7-10-24-44-51(3,4)49-40-22-15-13-20-38(40)27-29-42(49)54(44)34-17-18-36-62(59,60)61/h5-7,9-10,12-15,19-24,26-31H,8,11,16-18,25,32-36H2,1-4H3,(H-,52,56,59,60,61)/p+1. The number of anilines is 1. The number of hydrogen-bond acceptors (Lipinski definition) is 6. The van der Waals surface area contributed by atoms with E-state index in [2.05, 4.69) is 146 Å². The number of nitrogens with zero attached hydrogens (tertiary/aromatic N) is 3. The minimum absolute atomic E-state index is 0.0832. The van der Waals surface area contributed by atoms with Crippen LogP contribution in [-0.4, -0.2) is 77.8 Å². The summed E-state index contributed by atoms with van der Waals surface area (Å²) in [5.74, 6) is -1.03. The third kappa shape index (κ3) is 9.44. The maximum Gasteiger partial charge on any atom is 0.264 e. The molecule has 3 aliphatic rings. The lowest BCUT2D eigenvalue weighted by atomic mass is 9.79. The molecule has 3 heterocycles. The van der Waals surface area contributed by atoms with E-state index in [9.17, 15) is 27.4 Å². The molecule has 0 bridgehead atoms. The molecule has 2 N–H and O–H groups in total. The number of fused-ring (bicyclic) bond motifs is 6. The Hall–Kier alpha value is -5.91. The number of amides is 3. The Balaban J connectivity index is 1.04. The first-order valence-corrected chi connectivity index (χ1v) is 23.2. The smallest absolute Gasteiger partial charge is 0.264 e. The molecule has 0 spiro atoms. The third-order valence-electron chi connectivity index (χ3n) is 12.3. The molecule has 4 aromatic rings. The van der Waals surface area contributed by atoms with Gasteiger partial charge in [-0.3, -0.25) is 23.8 Å². The molecule has 3 amide bonds. The SMILES string of the molecule is CC1(C)C(/C=C/C=C/C=C/C=C2\N(CCCCS(=O)(=O)O)c3ccc4ccccc4c3C2(C)C)=[N+](CCCCCC(=O)NCCN2C(=O)C=CC2=O)c2ccc3ccccc3c21. The van der Waals surface area contributed by atoms with Crippen molar-refractivity contribution in [3.05, 3.63) is 144 Å². The van der Waals surface area contributed by atoms with Crippen LogP contribution < -0.4 is 10.2 Å². The Labute approximate surface area is 365 Å². The number of carbonyl (C=O) groups is 3. The van der Waals surface area contributed by atoms with Gasteiger partial charge in [0, 0.05) is 79.1 Å². The van der Waals surface area contributed by atoms with E-state index in [0.29, 0.717) is 25.8 Å². The number of unbranched alkanes of at least 4 members (excludes halogenated alkanes) is 3. The van der Waals surface area contributed by atoms with Gasteiger partial charge in [0.25, 0.3) is 21.9 Å². The first kappa shape index (κ1) is 44.2. The molecule has 0 aliphatic carbocycles. The summed E-state index contributed by atoms with van der Waals surface area (Å²) in [5.41, 5.74) is 6.67. The molecule has 0 saturated carbocycles. The zero-order valence-corrected chi connectivity index (χ0v) is 37.0. The highest BCUT2D eigenvalue weighted by molar-refractivity contribution is 7.85. The predicted molar refractivity (Wildman–Crippen MR) is 250 cm³/mol. The van der Waals surface area contributed by atoms with Crippen molar-refractivity contribution in [3.8, 4) is 0 Å². The van der Waals surface area contributed by atoms with Crippen LogP contribution in [0.4, 0.5) is 11.4 Å². The number of benzene rings is 4. The number of imide groups is 1. The fraction of sp³-hybridized carbons (Fsp3) is 0.333. The second kappa shape index (κ2) is 18.6. The average molecular weight is 854 g/mol. The molecule has 0 aromatic heterocycles. The Morgan fingerprint density at radius 3 is 2.06 bits per heavy atom. The van der Waals surface area contributed by atoms with Crippen molar-refractivity contribution in [1.82, 2.24) is 10.2 Å². The molecular weight excluding hydrogens is 797 g/mol. The maximum absolute atomic E-state index is 12.5. The summed E-state index contributed by atoms with van der Waals surface area (Å²) in [4.78, 5) is 39.5. The minimum atomic E-state index is -4.01. The molecule has 62 heavy (non-hydrogen) atoms. The van der Waals surface area contributed by atoms with Crippen LogP contribution >= 0.6 is 0 Å². The molecular formula is C51H57N4O6S+. The van der Waals surface area contributed by atoms with Gasteiger partial charge in [-0.25, -0.2) is 0 Å². The van der Waals surface area contributed by atoms with Crippen LogP contribution in [0.5, 0.6) is 0 Å². The average Bonchev–Trinajstić information content (AvgIpc) is 3.76. The minimum Gasteiger partial charge on any atom is -0.354 e. The third-order valence-corrected chi connectivity index (χ3v) is 13.1. The van der Waals surface area contributed by atoms with Crippen LogP contribution in [0, 0.1) is 0 Å². The highest BCUT2D eigenvalue weighted by Crippen LogP contribution is 2.51. The maximum atomic E-state index is 12.5. The Morgan fingerprint density at radius 2 is 1.35 bits per heavy atom. The molecule has 322 valence electrons. The largest absolute Gasteiger partial charge is 0.354 e. The van der Waals surface area contributed by atoms with Crippen LogP contribution in [-0.2, 0) is 35.3 Å². The molecule has 4 aromatic carbocycles. The zero-order valence-electron chi connectivity index (χ0n) is 36.1. The fourth-order valence-corrected chi connectivity index (χ4v) is 9.94. The van der Waals surface area contributed by atoms with Gasteiger partial charge in [0.15, 0.2) is 5.71 Å². The molecule has 11 heteroatoms. The van der Waals surface area contributed by atoms with Crippen molar-refractivity contribution in [3.63, 3.8) is 0 Å². The Morgan fingerprint density at radius 1 is 0.710 bits per heavy atom. The Kier molecular flexibility index (Phi) is 13.2. The monoisotopic (exact) mass is 853 g/mol. The summed E-state index contributed by atoms with van der Waals surface area (Å²) in [5, 5.41) is 7.68. The van der Waals surface area contributed by atoms with Gasteiger partial charge < -0.3 is 10.2 Å². The van der Waals surface area contributed by atoms with Gasteiger partial charge in [0.1, 0.15) is 6.54 Å². The lowest BCUT2D eigenvalue weighted by Gasteiger charge is -2.27. The van der Waals surface area contributed by atoms with E-state index in [0.717, 1.165) is 42.1 Å². The number of carbonyl (C=O) groups excluding carboxylic acids is 3. The molecule has 10 nitrogen and oxygen atoms in total. The van der Waals surface area contributed by atoms with E-state index < -0.39 is 10.1 Å². The van der Waals surface area contributed by atoms with Crippen LogP contribution in [0.3, 0.4) is 0 Å². The normalized spacial score (nSPS) is 17.7. The van der Waals surface area contributed by atoms with Crippen LogP contribution in [0.1, 0.15) is 77.3 Å². The molecule has 0 unspecified atom stereocenters. The lowest BCUT2D eigenvalue weighted by molar-refractivity contribution is -0.438. The lowest BCUT2D eigenvalue weighted by Crippen LogP contribution is -2.38. The van der Waals surface area contributed by atoms with Gasteiger partial charge in [-0.05, 0) is 84.8 Å². The van der Waals surface area contributed by atoms with Crippen molar-refractivity contribution >= 4 is 66.5 Å². The van der Waals surface area contributed by atoms with E-state index in [-0.39, 0.29) is 47.4 Å². The summed E-state index contributed by atoms with van der Waals surface area (Å²) in [7, 11) is -4.01. The van der Waals surface area contributed by atoms with Gasteiger partial charge in [0.2, 0.25) is 11.6 Å². The number of nitrogens with one attached hydrogen (secondary N) is 1. The summed E-state index contributed by atoms with van der Waals surface area (Å²) in [6.07, 6.45) is 21.0. The summed E-state index contributed by atoms with van der Waals surface area (Å²) < 4.78 is 34.6. The van der Waals surface area contributed by atoms with Crippen molar-refractivity contribution in [2.24, 2.45) is 0 Å². The summed E-state index contributed by atoms with van der Waals surface area (Å²) in [6, 6.07) is 25.7. The fourth-order valence-electron chi connectivity index (χ4n) is 9.37. The molecule has 3 aliphatic heterocycles. The predicted octanol–water partition coefficient (Wildman–Crippen LogP) is 8.99. The Bertz CT molecular complexity index is 2680. The second-order valence-electron chi connectivity index (χ2n) is 17.3. The summed E-state index contributed by atoms with van der Waals surface area (Å²) in [6.45, 7) is 10.9. The van der Waals surface area contributed by atoms with E-state index in [1.54, 1.807) is 0 Å². The van der Waals surface area contributed by atoms with E-state index in [1.807, 2.05) is 12.2 Å². The molecule has 0 radical (unpaired) electrons. The van der Waals surface area contributed by atoms with Gasteiger partial charge in [-0.15, -0.1) is 0 Å². The van der Waals surface area contributed by atoms with Crippen molar-refractivity contribution in [2.75, 3.05) is 36.8 Å². The van der Waals surface area contributed by atoms with E-state index >= 15 is 0 Å². The van der Waals surface area contributed by atoms with Gasteiger partial charge in [0.05, 0.1) is 11.2 Å². The van der Waals surface area contributed by atoms with Gasteiger partial charge in [-0.1, -0.05) is 98.8 Å². The molecule has 0 atom stereocenters. The molecule has 0 saturated heterocycles. The van der Waals surface area contributed by atoms with Crippen LogP contribution in [0.15, 0.2) is 133 Å². The first-order valence-electron chi connectivity index (χ1n) is 21.6. The summed E-state index contributed by atoms with van der Waals surface area (Å²) >= 11 is 0. The second-order valence-corrected chi connectivity index (χ2v) is 18.9. The van der Waals surface area contributed by atoms with Crippen molar-refractivity contribution < 1.29 is 31.9 Å². The number of hydrogen-bond donors (Lipinski definition) is 2. The van der Waals surface area contributed by atoms with Crippen LogP contribution in [0.2, 0.25) is 0 Å². The number of allylic oxidation sites excluding steroid dienone is 8.